The zero-order valence-corrected chi connectivity index (χ0v) is 17.9. The molecule has 10 heteroatoms. The highest BCUT2D eigenvalue weighted by molar-refractivity contribution is 5.92. The molecule has 2 aliphatic rings. The van der Waals surface area contributed by atoms with Crippen molar-refractivity contribution in [2.24, 2.45) is 5.73 Å². The maximum absolute atomic E-state index is 12.5. The van der Waals surface area contributed by atoms with Crippen LogP contribution in [0.5, 0.6) is 0 Å². The molecular formula is C23H23N7O3. The van der Waals surface area contributed by atoms with Crippen molar-refractivity contribution in [1.82, 2.24) is 25.1 Å². The Bertz CT molecular complexity index is 1190. The minimum Gasteiger partial charge on any atom is -0.420 e. The quantitative estimate of drug-likeness (QED) is 0.578. The summed E-state index contributed by atoms with van der Waals surface area (Å²) in [6, 6.07) is 8.68. The van der Waals surface area contributed by atoms with E-state index in [1.165, 1.54) is 11.1 Å². The lowest BCUT2D eigenvalue weighted by Crippen LogP contribution is -2.37. The minimum absolute atomic E-state index is 0.0184. The van der Waals surface area contributed by atoms with Gasteiger partial charge >= 0.3 is 0 Å². The highest BCUT2D eigenvalue weighted by Crippen LogP contribution is 2.24. The van der Waals surface area contributed by atoms with Crippen LogP contribution in [0.3, 0.4) is 0 Å². The Hall–Kier alpha value is -4.08. The second kappa shape index (κ2) is 8.81. The van der Waals surface area contributed by atoms with Crippen LogP contribution in [0.2, 0.25) is 0 Å². The van der Waals surface area contributed by atoms with Crippen molar-refractivity contribution >= 4 is 17.8 Å². The van der Waals surface area contributed by atoms with Crippen LogP contribution in [0.15, 0.2) is 52.7 Å². The summed E-state index contributed by atoms with van der Waals surface area (Å²) in [6.07, 6.45) is 7.24. The van der Waals surface area contributed by atoms with Gasteiger partial charge in [-0.3, -0.25) is 9.59 Å². The fraction of sp³-hybridized carbons (Fsp3) is 0.304. The number of hydrogen-bond donors (Lipinski definition) is 2. The molecule has 0 fully saturated rings. The van der Waals surface area contributed by atoms with Crippen molar-refractivity contribution in [2.75, 3.05) is 18.4 Å². The smallest absolute Gasteiger partial charge is 0.250 e. The van der Waals surface area contributed by atoms with Gasteiger partial charge in [-0.2, -0.15) is 0 Å². The first kappa shape index (κ1) is 20.8. The van der Waals surface area contributed by atoms with Gasteiger partial charge in [-0.25, -0.2) is 9.97 Å². The Balaban J connectivity index is 1.17. The molecule has 0 spiro atoms. The molecule has 0 bridgehead atoms. The molecule has 3 heterocycles. The van der Waals surface area contributed by atoms with Gasteiger partial charge in [-0.1, -0.05) is 30.3 Å². The predicted molar refractivity (Wildman–Crippen MR) is 119 cm³/mol. The molecule has 0 saturated carbocycles. The van der Waals surface area contributed by atoms with Crippen molar-refractivity contribution in [3.8, 4) is 11.5 Å². The van der Waals surface area contributed by atoms with Crippen molar-refractivity contribution in [1.29, 1.82) is 0 Å². The molecule has 10 nitrogen and oxygen atoms in total. The third-order valence-corrected chi connectivity index (χ3v) is 5.93. The second-order valence-corrected chi connectivity index (χ2v) is 8.17. The molecule has 5 rings (SSSR count). The van der Waals surface area contributed by atoms with Gasteiger partial charge in [0.15, 0.2) is 0 Å². The number of benzene rings is 1. The lowest BCUT2D eigenvalue weighted by molar-refractivity contribution is -0.130. The molecule has 0 atom stereocenters. The summed E-state index contributed by atoms with van der Waals surface area (Å²) in [6.45, 7) is 0.773. The molecule has 3 N–H and O–H groups in total. The van der Waals surface area contributed by atoms with Gasteiger partial charge < -0.3 is 20.4 Å². The molecule has 0 radical (unpaired) electrons. The lowest BCUT2D eigenvalue weighted by Gasteiger charge is -2.25. The van der Waals surface area contributed by atoms with E-state index in [9.17, 15) is 9.59 Å². The Morgan fingerprint density at radius 3 is 2.48 bits per heavy atom. The van der Waals surface area contributed by atoms with Gasteiger partial charge in [-0.15, -0.1) is 10.2 Å². The third-order valence-electron chi connectivity index (χ3n) is 5.93. The standard InChI is InChI=1S/C23H23N7O3/c24-21(32)14-5-7-30(8-6-14)20(31)11-19-28-29-22(33-19)17-12-25-23(26-13-17)27-18-9-15-3-1-2-4-16(15)10-18/h1-5,12-13,18H,6-11H2,(H2,24,32)(H,25,26,27). The lowest BCUT2D eigenvalue weighted by atomic mass is 10.1. The summed E-state index contributed by atoms with van der Waals surface area (Å²) < 4.78 is 5.65. The van der Waals surface area contributed by atoms with Gasteiger partial charge in [0, 0.05) is 37.1 Å². The number of hydrogen-bond acceptors (Lipinski definition) is 8. The van der Waals surface area contributed by atoms with Gasteiger partial charge in [0.05, 0.1) is 5.56 Å². The molecule has 3 aromatic rings. The van der Waals surface area contributed by atoms with E-state index >= 15 is 0 Å². The first-order chi connectivity index (χ1) is 16.0. The molecule has 1 aliphatic heterocycles. The summed E-state index contributed by atoms with van der Waals surface area (Å²) in [5.41, 5.74) is 9.12. The van der Waals surface area contributed by atoms with Crippen molar-refractivity contribution in [2.45, 2.75) is 31.7 Å². The van der Waals surface area contributed by atoms with E-state index in [2.05, 4.69) is 49.7 Å². The molecular weight excluding hydrogens is 422 g/mol. The number of nitrogens with two attached hydrogens (primary N) is 1. The van der Waals surface area contributed by atoms with Crippen LogP contribution in [0.25, 0.3) is 11.5 Å². The molecule has 1 aliphatic carbocycles. The van der Waals surface area contributed by atoms with Crippen LogP contribution < -0.4 is 11.1 Å². The zero-order valence-electron chi connectivity index (χ0n) is 17.9. The fourth-order valence-corrected chi connectivity index (χ4v) is 4.16. The van der Waals surface area contributed by atoms with E-state index in [0.717, 1.165) is 12.8 Å². The molecule has 33 heavy (non-hydrogen) atoms. The molecule has 2 amide bonds. The number of rotatable bonds is 6. The van der Waals surface area contributed by atoms with Gasteiger partial charge in [0.25, 0.3) is 5.89 Å². The van der Waals surface area contributed by atoms with Gasteiger partial charge in [0.2, 0.25) is 23.7 Å². The molecule has 0 unspecified atom stereocenters. The maximum atomic E-state index is 12.5. The summed E-state index contributed by atoms with van der Waals surface area (Å²) in [5.74, 6) is 0.413. The molecule has 1 aromatic carbocycles. The predicted octanol–water partition coefficient (Wildman–Crippen LogP) is 1.29. The highest BCUT2D eigenvalue weighted by atomic mass is 16.4. The summed E-state index contributed by atoms with van der Waals surface area (Å²) in [7, 11) is 0. The Morgan fingerprint density at radius 2 is 1.85 bits per heavy atom. The number of anilines is 1. The number of nitrogens with zero attached hydrogens (tertiary/aromatic N) is 5. The second-order valence-electron chi connectivity index (χ2n) is 8.17. The summed E-state index contributed by atoms with van der Waals surface area (Å²) >= 11 is 0. The number of amides is 2. The average molecular weight is 445 g/mol. The minimum atomic E-state index is -0.444. The number of nitrogens with one attached hydrogen (secondary N) is 1. The van der Waals surface area contributed by atoms with Crippen LogP contribution >= 0.6 is 0 Å². The SMILES string of the molecule is NC(=O)C1=CCN(C(=O)Cc2nnc(-c3cnc(NC4Cc5ccccc5C4)nc3)o2)CC1. The molecule has 2 aromatic heterocycles. The van der Waals surface area contributed by atoms with Crippen LogP contribution in [0.1, 0.15) is 23.4 Å². The Labute approximate surface area is 189 Å². The number of fused-ring (bicyclic) bond motifs is 1. The van der Waals surface area contributed by atoms with Crippen LogP contribution in [-0.2, 0) is 28.9 Å². The molecule has 0 saturated heterocycles. The number of carbonyl (C=O) groups excluding carboxylic acids is 2. The number of primary amides is 1. The first-order valence-corrected chi connectivity index (χ1v) is 10.8. The number of carbonyl (C=O) groups is 2. The van der Waals surface area contributed by atoms with Crippen molar-refractivity contribution in [3.05, 3.63) is 65.3 Å². The fourth-order valence-electron chi connectivity index (χ4n) is 4.16. The van der Waals surface area contributed by atoms with Crippen LogP contribution in [-0.4, -0.2) is 56.0 Å². The molecule has 168 valence electrons. The van der Waals surface area contributed by atoms with E-state index < -0.39 is 5.91 Å². The average Bonchev–Trinajstić information content (AvgIpc) is 3.46. The van der Waals surface area contributed by atoms with Crippen molar-refractivity contribution in [3.63, 3.8) is 0 Å². The normalized spacial score (nSPS) is 15.8. The Kier molecular flexibility index (Phi) is 5.55. The van der Waals surface area contributed by atoms with E-state index in [1.807, 2.05) is 0 Å². The van der Waals surface area contributed by atoms with Gasteiger partial charge in [-0.05, 0) is 30.4 Å². The van der Waals surface area contributed by atoms with Crippen molar-refractivity contribution < 1.29 is 14.0 Å². The van der Waals surface area contributed by atoms with Crippen LogP contribution in [0, 0.1) is 0 Å². The van der Waals surface area contributed by atoms with E-state index in [-0.39, 0.29) is 30.2 Å². The summed E-state index contributed by atoms with van der Waals surface area (Å²) in [4.78, 5) is 34.1. The van der Waals surface area contributed by atoms with Crippen LogP contribution in [0.4, 0.5) is 5.95 Å². The highest BCUT2D eigenvalue weighted by Gasteiger charge is 2.23. The van der Waals surface area contributed by atoms with E-state index in [1.54, 1.807) is 23.4 Å². The number of aromatic nitrogens is 4. The van der Waals surface area contributed by atoms with E-state index in [4.69, 9.17) is 10.2 Å². The topological polar surface area (TPSA) is 140 Å². The van der Waals surface area contributed by atoms with E-state index in [0.29, 0.717) is 36.6 Å². The Morgan fingerprint density at radius 1 is 1.12 bits per heavy atom. The first-order valence-electron chi connectivity index (χ1n) is 10.8. The maximum Gasteiger partial charge on any atom is 0.250 e. The largest absolute Gasteiger partial charge is 0.420 e. The summed E-state index contributed by atoms with van der Waals surface area (Å²) in [5, 5.41) is 11.4. The zero-order chi connectivity index (χ0) is 22.8. The van der Waals surface area contributed by atoms with Gasteiger partial charge in [0.1, 0.15) is 6.42 Å². The third kappa shape index (κ3) is 4.59. The monoisotopic (exact) mass is 445 g/mol.